The topological polar surface area (TPSA) is 87.7 Å². The van der Waals surface area contributed by atoms with Crippen molar-refractivity contribution in [3.05, 3.63) is 94.0 Å². The van der Waals surface area contributed by atoms with E-state index in [4.69, 9.17) is 16.3 Å². The summed E-state index contributed by atoms with van der Waals surface area (Å²) in [5.41, 5.74) is 8.37. The Hall–Kier alpha value is -3.84. The molecule has 0 atom stereocenters. The van der Waals surface area contributed by atoms with Crippen LogP contribution in [-0.2, 0) is 17.8 Å². The van der Waals surface area contributed by atoms with Gasteiger partial charge in [0.1, 0.15) is 12.4 Å². The maximum absolute atomic E-state index is 12.5. The molecule has 34 heavy (non-hydrogen) atoms. The predicted molar refractivity (Wildman–Crippen MR) is 130 cm³/mol. The summed E-state index contributed by atoms with van der Waals surface area (Å²) in [5, 5.41) is 0.640. The van der Waals surface area contributed by atoms with Gasteiger partial charge in [-0.1, -0.05) is 30.7 Å². The maximum atomic E-state index is 12.5. The molecule has 0 aromatic heterocycles. The van der Waals surface area contributed by atoms with E-state index < -0.39 is 11.8 Å². The smallest absolute Gasteiger partial charge is 0.269 e. The number of hydrogen-bond donors (Lipinski definition) is 2. The zero-order valence-corrected chi connectivity index (χ0v) is 19.4. The molecule has 0 saturated heterocycles. The van der Waals surface area contributed by atoms with Gasteiger partial charge in [-0.25, -0.2) is 0 Å². The number of anilines is 1. The molecule has 8 heteroatoms. The fourth-order valence-corrected chi connectivity index (χ4v) is 3.83. The molecule has 4 rings (SSSR count). The second kappa shape index (κ2) is 10.4. The van der Waals surface area contributed by atoms with Crippen molar-refractivity contribution in [1.29, 1.82) is 0 Å². The first-order valence-electron chi connectivity index (χ1n) is 11.0. The highest BCUT2D eigenvalue weighted by atomic mass is 35.5. The molecule has 7 nitrogen and oxygen atoms in total. The summed E-state index contributed by atoms with van der Waals surface area (Å²) < 4.78 is 5.70. The fraction of sp³-hybridized carbons (Fsp3) is 0.192. The molecule has 1 aliphatic heterocycles. The van der Waals surface area contributed by atoms with Gasteiger partial charge < -0.3 is 9.64 Å². The van der Waals surface area contributed by atoms with Crippen molar-refractivity contribution < 1.29 is 19.1 Å². The molecule has 0 bridgehead atoms. The highest BCUT2D eigenvalue weighted by Crippen LogP contribution is 2.29. The van der Waals surface area contributed by atoms with Crippen molar-refractivity contribution in [3.63, 3.8) is 0 Å². The van der Waals surface area contributed by atoms with Crippen molar-refractivity contribution >= 4 is 35.0 Å². The van der Waals surface area contributed by atoms with Gasteiger partial charge in [0.15, 0.2) is 0 Å². The van der Waals surface area contributed by atoms with E-state index in [2.05, 4.69) is 10.9 Å². The van der Waals surface area contributed by atoms with E-state index in [1.807, 2.05) is 6.92 Å². The summed E-state index contributed by atoms with van der Waals surface area (Å²) in [6.45, 7) is 2.79. The molecule has 0 spiro atoms. The van der Waals surface area contributed by atoms with E-state index >= 15 is 0 Å². The number of hydrogen-bond acceptors (Lipinski definition) is 4. The fourth-order valence-electron chi connectivity index (χ4n) is 3.70. The van der Waals surface area contributed by atoms with Gasteiger partial charge in [0.2, 0.25) is 5.91 Å². The number of carbonyl (C=O) groups is 3. The van der Waals surface area contributed by atoms with Crippen LogP contribution < -0.4 is 20.5 Å². The summed E-state index contributed by atoms with van der Waals surface area (Å²) in [7, 11) is 0. The first-order chi connectivity index (χ1) is 16.4. The van der Waals surface area contributed by atoms with E-state index in [9.17, 15) is 14.4 Å². The van der Waals surface area contributed by atoms with Crippen molar-refractivity contribution in [2.75, 3.05) is 11.4 Å². The summed E-state index contributed by atoms with van der Waals surface area (Å²) in [6.07, 6.45) is 1.13. The molecule has 0 saturated carbocycles. The summed E-state index contributed by atoms with van der Waals surface area (Å²) >= 11 is 5.87. The second-order valence-corrected chi connectivity index (χ2v) is 8.28. The van der Waals surface area contributed by atoms with Crippen molar-refractivity contribution in [2.45, 2.75) is 26.4 Å². The van der Waals surface area contributed by atoms with Gasteiger partial charge in [-0.15, -0.1) is 0 Å². The molecule has 0 radical (unpaired) electrons. The van der Waals surface area contributed by atoms with Crippen LogP contribution in [0.25, 0.3) is 0 Å². The van der Waals surface area contributed by atoms with E-state index in [1.165, 1.54) is 0 Å². The molecule has 3 amide bonds. The van der Waals surface area contributed by atoms with Crippen LogP contribution >= 0.6 is 11.6 Å². The Morgan fingerprint density at radius 1 is 0.912 bits per heavy atom. The van der Waals surface area contributed by atoms with Crippen LogP contribution in [0, 0.1) is 0 Å². The maximum Gasteiger partial charge on any atom is 0.269 e. The molecule has 1 aliphatic rings. The van der Waals surface area contributed by atoms with Gasteiger partial charge in [0.25, 0.3) is 11.8 Å². The van der Waals surface area contributed by atoms with Gasteiger partial charge in [-0.3, -0.25) is 25.2 Å². The van der Waals surface area contributed by atoms with E-state index in [0.717, 1.165) is 16.8 Å². The number of benzene rings is 3. The average molecular weight is 478 g/mol. The third-order valence-electron chi connectivity index (χ3n) is 5.57. The Kier molecular flexibility index (Phi) is 7.13. The van der Waals surface area contributed by atoms with Crippen LogP contribution in [0.3, 0.4) is 0 Å². The first-order valence-corrected chi connectivity index (χ1v) is 11.3. The number of amides is 3. The number of rotatable bonds is 6. The second-order valence-electron chi connectivity index (χ2n) is 7.84. The highest BCUT2D eigenvalue weighted by molar-refractivity contribution is 6.30. The molecule has 2 N–H and O–H groups in total. The Morgan fingerprint density at radius 3 is 2.24 bits per heavy atom. The number of ether oxygens (including phenoxy) is 1. The first kappa shape index (κ1) is 23.3. The molecule has 3 aromatic rings. The molecular formula is C26H24ClN3O4. The summed E-state index contributed by atoms with van der Waals surface area (Å²) in [5.74, 6) is -0.0975. The van der Waals surface area contributed by atoms with E-state index in [0.29, 0.717) is 47.9 Å². The third kappa shape index (κ3) is 5.38. The zero-order valence-electron chi connectivity index (χ0n) is 18.6. The van der Waals surface area contributed by atoms with Gasteiger partial charge in [-0.05, 0) is 72.1 Å². The number of halogens is 1. The lowest BCUT2D eigenvalue weighted by atomic mass is 10.1. The molecule has 1 heterocycles. The van der Waals surface area contributed by atoms with Crippen LogP contribution in [-0.4, -0.2) is 24.3 Å². The molecule has 3 aromatic carbocycles. The van der Waals surface area contributed by atoms with Gasteiger partial charge >= 0.3 is 0 Å². The number of nitrogens with zero attached hydrogens (tertiary/aromatic N) is 1. The quantitative estimate of drug-likeness (QED) is 0.518. The monoisotopic (exact) mass is 477 g/mol. The van der Waals surface area contributed by atoms with Crippen LogP contribution in [0.2, 0.25) is 5.02 Å². The Labute approximate surface area is 202 Å². The number of carbonyl (C=O) groups excluding carboxylic acids is 3. The Balaban J connectivity index is 1.30. The van der Waals surface area contributed by atoms with E-state index in [-0.39, 0.29) is 5.91 Å². The number of hydrazine groups is 1. The Bertz CT molecular complexity index is 1210. The number of nitrogens with one attached hydrogen (secondary N) is 2. The lowest BCUT2D eigenvalue weighted by Gasteiger charge is -2.16. The molecule has 0 fully saturated rings. The third-order valence-corrected chi connectivity index (χ3v) is 5.82. The minimum Gasteiger partial charge on any atom is -0.489 e. The van der Waals surface area contributed by atoms with E-state index in [1.54, 1.807) is 71.6 Å². The van der Waals surface area contributed by atoms with Crippen LogP contribution in [0.1, 0.15) is 45.2 Å². The van der Waals surface area contributed by atoms with Gasteiger partial charge in [0.05, 0.1) is 0 Å². The summed E-state index contributed by atoms with van der Waals surface area (Å²) in [6, 6.07) is 19.2. The lowest BCUT2D eigenvalue weighted by molar-refractivity contribution is -0.118. The minimum atomic E-state index is -0.431. The Morgan fingerprint density at radius 2 is 1.56 bits per heavy atom. The highest BCUT2D eigenvalue weighted by Gasteiger charge is 2.24. The predicted octanol–water partition coefficient (Wildman–Crippen LogP) is 4.29. The minimum absolute atomic E-state index is 0.0609. The van der Waals surface area contributed by atoms with Crippen molar-refractivity contribution in [3.8, 4) is 5.75 Å². The van der Waals surface area contributed by atoms with Gasteiger partial charge in [-0.2, -0.15) is 0 Å². The molecule has 0 unspecified atom stereocenters. The standard InChI is InChI=1S/C26H24ClN3O4/c1-2-24(31)30-14-13-19-15-20(7-12-23(19)30)26(33)29-28-25(32)18-5-3-17(4-6-18)16-34-22-10-8-21(27)9-11-22/h3-12,15H,2,13-14,16H2,1H3,(H,28,32)(H,29,33). The lowest BCUT2D eigenvalue weighted by Crippen LogP contribution is -2.41. The van der Waals surface area contributed by atoms with Crippen molar-refractivity contribution in [1.82, 2.24) is 10.9 Å². The van der Waals surface area contributed by atoms with Crippen LogP contribution in [0.15, 0.2) is 66.7 Å². The zero-order chi connectivity index (χ0) is 24.1. The van der Waals surface area contributed by atoms with Crippen molar-refractivity contribution in [2.24, 2.45) is 0 Å². The van der Waals surface area contributed by atoms with Gasteiger partial charge in [0, 0.05) is 34.8 Å². The van der Waals surface area contributed by atoms with Crippen LogP contribution in [0.5, 0.6) is 5.75 Å². The molecule has 0 aliphatic carbocycles. The largest absolute Gasteiger partial charge is 0.489 e. The summed E-state index contributed by atoms with van der Waals surface area (Å²) in [4.78, 5) is 38.7. The molecule has 174 valence electrons. The average Bonchev–Trinajstić information content (AvgIpc) is 3.30. The normalized spacial score (nSPS) is 12.1. The van der Waals surface area contributed by atoms with Crippen LogP contribution in [0.4, 0.5) is 5.69 Å². The SMILES string of the molecule is CCC(=O)N1CCc2cc(C(=O)NNC(=O)c3ccc(COc4ccc(Cl)cc4)cc3)ccc21. The number of fused-ring (bicyclic) bond motifs is 1. The molecular weight excluding hydrogens is 454 g/mol.